The van der Waals surface area contributed by atoms with Gasteiger partial charge in [0.1, 0.15) is 17.7 Å². The SMILES string of the molecule is C[C@H]1CN([C@@H](C)CO)C(=O)Cc2cc(NC(=O)CCCCCC(=O)Nc3ccccc3N)ccc2O[C@@H]1CN(C)C(=O)Nc1ccc(F)cc1. The summed E-state index contributed by atoms with van der Waals surface area (Å²) in [5, 5.41) is 18.4. The number of aliphatic hydroxyl groups excluding tert-OH is 1. The lowest BCUT2D eigenvalue weighted by Gasteiger charge is -2.34. The second-order valence-corrected chi connectivity index (χ2v) is 12.8. The summed E-state index contributed by atoms with van der Waals surface area (Å²) in [7, 11) is 1.62. The smallest absolute Gasteiger partial charge is 0.321 e. The molecule has 0 aliphatic carbocycles. The highest BCUT2D eigenvalue weighted by molar-refractivity contribution is 5.94. The van der Waals surface area contributed by atoms with E-state index in [0.717, 1.165) is 0 Å². The largest absolute Gasteiger partial charge is 0.488 e. The summed E-state index contributed by atoms with van der Waals surface area (Å²) < 4.78 is 19.8. The Balaban J connectivity index is 1.37. The number of hydrogen-bond acceptors (Lipinski definition) is 7. The lowest BCUT2D eigenvalue weighted by atomic mass is 10.0. The molecule has 268 valence electrons. The molecule has 3 aromatic rings. The van der Waals surface area contributed by atoms with Crippen molar-refractivity contribution in [1.29, 1.82) is 0 Å². The average Bonchev–Trinajstić information content (AvgIpc) is 3.13. The molecule has 1 heterocycles. The number of halogens is 1. The van der Waals surface area contributed by atoms with Gasteiger partial charge in [-0.2, -0.15) is 0 Å². The first-order chi connectivity index (χ1) is 23.9. The fourth-order valence-corrected chi connectivity index (χ4v) is 5.63. The van der Waals surface area contributed by atoms with Gasteiger partial charge in [-0.3, -0.25) is 14.4 Å². The number of nitrogens with two attached hydrogens (primary N) is 1. The number of carbonyl (C=O) groups is 4. The first-order valence-electron chi connectivity index (χ1n) is 16.8. The van der Waals surface area contributed by atoms with Crippen LogP contribution in [0.15, 0.2) is 66.7 Å². The molecule has 1 aliphatic rings. The Morgan fingerprint density at radius 2 is 1.64 bits per heavy atom. The van der Waals surface area contributed by atoms with E-state index >= 15 is 0 Å². The van der Waals surface area contributed by atoms with Gasteiger partial charge >= 0.3 is 6.03 Å². The summed E-state index contributed by atoms with van der Waals surface area (Å²) in [5.41, 5.74) is 8.47. The zero-order chi connectivity index (χ0) is 36.2. The Morgan fingerprint density at radius 1 is 0.980 bits per heavy atom. The maximum Gasteiger partial charge on any atom is 0.321 e. The standard InChI is InChI=1S/C37H47FN6O6/c1-24-21-44(25(2)23-45)36(48)20-26-19-29(40-34(46)11-5-4-6-12-35(47)42-31-10-8-7-9-30(31)39)17-18-32(26)50-33(24)22-43(3)37(49)41-28-15-13-27(38)14-16-28/h7-10,13-19,24-25,33,45H,4-6,11-12,20-23,39H2,1-3H3,(H,40,46)(H,41,49)(H,42,47)/t24-,25-,33+/m0/s1. The van der Waals surface area contributed by atoms with Crippen LogP contribution in [0.1, 0.15) is 51.5 Å². The van der Waals surface area contributed by atoms with Gasteiger partial charge < -0.3 is 41.3 Å². The van der Waals surface area contributed by atoms with E-state index < -0.39 is 24.0 Å². The van der Waals surface area contributed by atoms with E-state index in [1.165, 1.54) is 29.2 Å². The number of ether oxygens (including phenoxy) is 1. The molecule has 0 saturated carbocycles. The Labute approximate surface area is 292 Å². The molecule has 0 bridgehead atoms. The van der Waals surface area contributed by atoms with Crippen molar-refractivity contribution in [2.45, 2.75) is 64.5 Å². The number of carbonyl (C=O) groups excluding carboxylic acids is 4. The number of nitrogen functional groups attached to an aromatic ring is 1. The molecule has 0 fully saturated rings. The van der Waals surface area contributed by atoms with Crippen LogP contribution in [0.3, 0.4) is 0 Å². The minimum Gasteiger partial charge on any atom is -0.488 e. The molecule has 3 aromatic carbocycles. The average molecular weight is 691 g/mol. The predicted octanol–water partition coefficient (Wildman–Crippen LogP) is 5.25. The summed E-state index contributed by atoms with van der Waals surface area (Å²) in [4.78, 5) is 54.7. The molecule has 1 aliphatic heterocycles. The highest BCUT2D eigenvalue weighted by Crippen LogP contribution is 2.29. The number of likely N-dealkylation sites (N-methyl/N-ethyl adjacent to an activating group) is 1. The van der Waals surface area contributed by atoms with Gasteiger partial charge in [-0.1, -0.05) is 25.5 Å². The second-order valence-electron chi connectivity index (χ2n) is 12.8. The number of urea groups is 1. The first-order valence-corrected chi connectivity index (χ1v) is 16.8. The maximum atomic E-state index is 13.5. The molecule has 4 rings (SSSR count). The second kappa shape index (κ2) is 18.0. The lowest BCUT2D eigenvalue weighted by Crippen LogP contribution is -2.48. The van der Waals surface area contributed by atoms with Crippen LogP contribution in [-0.4, -0.2) is 77.5 Å². The molecule has 50 heavy (non-hydrogen) atoms. The van der Waals surface area contributed by atoms with Crippen LogP contribution in [0.25, 0.3) is 0 Å². The van der Waals surface area contributed by atoms with Gasteiger partial charge in [0.25, 0.3) is 0 Å². The van der Waals surface area contributed by atoms with Crippen molar-refractivity contribution >= 4 is 46.5 Å². The fourth-order valence-electron chi connectivity index (χ4n) is 5.63. The van der Waals surface area contributed by atoms with E-state index in [-0.39, 0.29) is 56.2 Å². The highest BCUT2D eigenvalue weighted by atomic mass is 19.1. The third-order valence-corrected chi connectivity index (χ3v) is 8.64. The molecule has 0 radical (unpaired) electrons. The summed E-state index contributed by atoms with van der Waals surface area (Å²) in [6.45, 7) is 3.93. The predicted molar refractivity (Wildman–Crippen MR) is 191 cm³/mol. The third kappa shape index (κ3) is 10.9. The lowest BCUT2D eigenvalue weighted by molar-refractivity contribution is -0.134. The quantitative estimate of drug-likeness (QED) is 0.121. The van der Waals surface area contributed by atoms with E-state index in [1.54, 1.807) is 61.3 Å². The number of aliphatic hydroxyl groups is 1. The van der Waals surface area contributed by atoms with Gasteiger partial charge in [-0.15, -0.1) is 0 Å². The van der Waals surface area contributed by atoms with Gasteiger partial charge in [0.15, 0.2) is 0 Å². The van der Waals surface area contributed by atoms with Crippen LogP contribution in [-0.2, 0) is 20.8 Å². The van der Waals surface area contributed by atoms with E-state index in [2.05, 4.69) is 16.0 Å². The molecule has 0 unspecified atom stereocenters. The summed E-state index contributed by atoms with van der Waals surface area (Å²) >= 11 is 0. The van der Waals surface area contributed by atoms with E-state index in [0.29, 0.717) is 59.7 Å². The first kappa shape index (κ1) is 37.6. The maximum absolute atomic E-state index is 13.5. The number of benzene rings is 3. The molecular weight excluding hydrogens is 643 g/mol. The minimum atomic E-state index is -0.537. The Bertz CT molecular complexity index is 1640. The number of amides is 5. The van der Waals surface area contributed by atoms with Crippen LogP contribution in [0.2, 0.25) is 0 Å². The Kier molecular flexibility index (Phi) is 13.6. The van der Waals surface area contributed by atoms with Gasteiger partial charge in [-0.25, -0.2) is 9.18 Å². The van der Waals surface area contributed by atoms with E-state index in [9.17, 15) is 28.7 Å². The van der Waals surface area contributed by atoms with Crippen LogP contribution >= 0.6 is 0 Å². The number of nitrogens with zero attached hydrogens (tertiary/aromatic N) is 2. The van der Waals surface area contributed by atoms with Crippen LogP contribution in [0, 0.1) is 11.7 Å². The molecule has 0 aromatic heterocycles. The van der Waals surface area contributed by atoms with Gasteiger partial charge in [0.05, 0.1) is 37.0 Å². The molecule has 12 nitrogen and oxygen atoms in total. The number of fused-ring (bicyclic) bond motifs is 1. The third-order valence-electron chi connectivity index (χ3n) is 8.64. The summed E-state index contributed by atoms with van der Waals surface area (Å²) in [6, 6.07) is 16.8. The number of para-hydroxylation sites is 2. The zero-order valence-corrected chi connectivity index (χ0v) is 28.8. The zero-order valence-electron chi connectivity index (χ0n) is 28.8. The van der Waals surface area contributed by atoms with Gasteiger partial charge in [-0.05, 0) is 74.4 Å². The van der Waals surface area contributed by atoms with Crippen LogP contribution < -0.4 is 26.4 Å². The highest BCUT2D eigenvalue weighted by Gasteiger charge is 2.32. The van der Waals surface area contributed by atoms with Crippen molar-refractivity contribution in [1.82, 2.24) is 9.80 Å². The number of nitrogens with one attached hydrogen (secondary N) is 3. The molecule has 6 N–H and O–H groups in total. The molecule has 0 spiro atoms. The number of unbranched alkanes of at least 4 members (excludes halogenated alkanes) is 2. The summed E-state index contributed by atoms with van der Waals surface area (Å²) in [6.07, 6.45) is 1.92. The van der Waals surface area contributed by atoms with Crippen molar-refractivity contribution < 1.29 is 33.4 Å². The van der Waals surface area contributed by atoms with Crippen LogP contribution in [0.5, 0.6) is 5.75 Å². The Morgan fingerprint density at radius 3 is 2.32 bits per heavy atom. The van der Waals surface area contributed by atoms with Crippen molar-refractivity contribution in [3.63, 3.8) is 0 Å². The minimum absolute atomic E-state index is 0.0135. The topological polar surface area (TPSA) is 166 Å². The van der Waals surface area contributed by atoms with Crippen molar-refractivity contribution in [2.24, 2.45) is 5.92 Å². The van der Waals surface area contributed by atoms with Crippen molar-refractivity contribution in [2.75, 3.05) is 48.4 Å². The monoisotopic (exact) mass is 690 g/mol. The number of anilines is 4. The molecule has 0 saturated heterocycles. The molecule has 13 heteroatoms. The van der Waals surface area contributed by atoms with Gasteiger partial charge in [0, 0.05) is 49.3 Å². The van der Waals surface area contributed by atoms with E-state index in [1.807, 2.05) is 6.92 Å². The Hall–Kier alpha value is -5.17. The molecule has 5 amide bonds. The summed E-state index contributed by atoms with van der Waals surface area (Å²) in [5.74, 6) is -0.724. The number of hydrogen-bond donors (Lipinski definition) is 5. The van der Waals surface area contributed by atoms with Crippen LogP contribution in [0.4, 0.5) is 31.9 Å². The van der Waals surface area contributed by atoms with E-state index in [4.69, 9.17) is 10.5 Å². The number of rotatable bonds is 13. The van der Waals surface area contributed by atoms with Crippen molar-refractivity contribution in [3.8, 4) is 5.75 Å². The fraction of sp³-hybridized carbons (Fsp3) is 0.405. The molecule has 3 atom stereocenters. The van der Waals surface area contributed by atoms with Crippen molar-refractivity contribution in [3.05, 3.63) is 78.1 Å². The normalized spacial score (nSPS) is 16.5. The van der Waals surface area contributed by atoms with Gasteiger partial charge in [0.2, 0.25) is 17.7 Å². The molecular formula is C37H47FN6O6.